The lowest BCUT2D eigenvalue weighted by atomic mass is 9.81. The summed E-state index contributed by atoms with van der Waals surface area (Å²) < 4.78 is 5.22. The Bertz CT molecular complexity index is 871. The van der Waals surface area contributed by atoms with Gasteiger partial charge in [-0.15, -0.1) is 0 Å². The molecule has 1 saturated carbocycles. The molecular weight excluding hydrogens is 388 g/mol. The molecule has 0 spiro atoms. The number of hydrogen-bond donors (Lipinski definition) is 1. The molecule has 1 aromatic rings. The number of hydrogen-bond acceptors (Lipinski definition) is 6. The van der Waals surface area contributed by atoms with Crippen LogP contribution in [0.2, 0.25) is 0 Å². The van der Waals surface area contributed by atoms with Crippen LogP contribution in [0.1, 0.15) is 56.8 Å². The monoisotopic (exact) mass is 414 g/mol. The summed E-state index contributed by atoms with van der Waals surface area (Å²) in [5.74, 6) is -2.88. The van der Waals surface area contributed by atoms with Crippen LogP contribution in [-0.2, 0) is 23.9 Å². The van der Waals surface area contributed by atoms with E-state index in [2.05, 4.69) is 5.32 Å². The molecule has 1 aromatic carbocycles. The highest BCUT2D eigenvalue weighted by Crippen LogP contribution is 2.38. The Morgan fingerprint density at radius 1 is 1.07 bits per heavy atom. The molecule has 3 rings (SSSR count). The van der Waals surface area contributed by atoms with E-state index < -0.39 is 24.0 Å². The topological polar surface area (TPSA) is 110 Å². The van der Waals surface area contributed by atoms with Gasteiger partial charge in [-0.3, -0.25) is 24.1 Å². The predicted molar refractivity (Wildman–Crippen MR) is 107 cm³/mol. The first-order valence-electron chi connectivity index (χ1n) is 10.2. The Labute approximate surface area is 174 Å². The lowest BCUT2D eigenvalue weighted by Gasteiger charge is -2.23. The lowest BCUT2D eigenvalue weighted by molar-refractivity contribution is -0.163. The van der Waals surface area contributed by atoms with Crippen molar-refractivity contribution in [3.63, 3.8) is 0 Å². The van der Waals surface area contributed by atoms with Crippen molar-refractivity contribution in [3.8, 4) is 0 Å². The van der Waals surface area contributed by atoms with Crippen molar-refractivity contribution in [2.75, 3.05) is 5.32 Å². The molecule has 1 aliphatic heterocycles. The molecule has 160 valence electrons. The van der Waals surface area contributed by atoms with Crippen LogP contribution in [0.25, 0.3) is 0 Å². The maximum absolute atomic E-state index is 12.6. The van der Waals surface area contributed by atoms with Gasteiger partial charge in [0.2, 0.25) is 11.8 Å². The minimum Gasteiger partial charge on any atom is -0.451 e. The molecule has 1 heterocycles. The highest BCUT2D eigenvalue weighted by Gasteiger charge is 2.51. The first-order chi connectivity index (χ1) is 14.2. The Kier molecular flexibility index (Phi) is 6.34. The molecule has 1 aliphatic carbocycles. The van der Waals surface area contributed by atoms with Crippen molar-refractivity contribution < 1.29 is 28.7 Å². The molecule has 2 aliphatic rings. The summed E-state index contributed by atoms with van der Waals surface area (Å²) in [4.78, 5) is 62.7. The Hall–Kier alpha value is -3.03. The van der Waals surface area contributed by atoms with Crippen molar-refractivity contribution in [3.05, 3.63) is 29.8 Å². The molecule has 4 atom stereocenters. The van der Waals surface area contributed by atoms with E-state index in [9.17, 15) is 24.0 Å². The molecule has 0 bridgehead atoms. The number of amides is 3. The van der Waals surface area contributed by atoms with Gasteiger partial charge in [-0.1, -0.05) is 25.0 Å². The molecule has 30 heavy (non-hydrogen) atoms. The smallest absolute Gasteiger partial charge is 0.329 e. The van der Waals surface area contributed by atoms with Gasteiger partial charge in [-0.2, -0.15) is 0 Å². The zero-order chi connectivity index (χ0) is 22.0. The number of carbonyl (C=O) groups is 5. The van der Waals surface area contributed by atoms with Gasteiger partial charge in [0.15, 0.2) is 11.9 Å². The fourth-order valence-electron chi connectivity index (χ4n) is 4.06. The van der Waals surface area contributed by atoms with Gasteiger partial charge in [0, 0.05) is 11.3 Å². The molecular formula is C22H26N2O6. The second-order valence-corrected chi connectivity index (χ2v) is 7.93. The van der Waals surface area contributed by atoms with Gasteiger partial charge in [-0.05, 0) is 45.7 Å². The molecule has 0 radical (unpaired) electrons. The van der Waals surface area contributed by atoms with Crippen LogP contribution in [0.15, 0.2) is 24.3 Å². The number of esters is 1. The van der Waals surface area contributed by atoms with Crippen LogP contribution in [0.4, 0.5) is 5.69 Å². The third-order valence-corrected chi connectivity index (χ3v) is 5.80. The summed E-state index contributed by atoms with van der Waals surface area (Å²) in [6.07, 6.45) is 1.97. The summed E-state index contributed by atoms with van der Waals surface area (Å²) in [6.45, 7) is 4.27. The lowest BCUT2D eigenvalue weighted by Crippen LogP contribution is -2.46. The van der Waals surface area contributed by atoms with E-state index in [4.69, 9.17) is 4.74 Å². The number of imide groups is 1. The second-order valence-electron chi connectivity index (χ2n) is 7.93. The quantitative estimate of drug-likeness (QED) is 0.435. The molecule has 1 N–H and O–H groups in total. The maximum atomic E-state index is 12.6. The number of fused-ring (bicyclic) bond motifs is 1. The van der Waals surface area contributed by atoms with E-state index in [1.54, 1.807) is 18.2 Å². The van der Waals surface area contributed by atoms with Crippen molar-refractivity contribution in [1.82, 2.24) is 4.90 Å². The van der Waals surface area contributed by atoms with Gasteiger partial charge in [0.05, 0.1) is 11.8 Å². The number of anilines is 1. The number of nitrogens with zero attached hydrogens (tertiary/aromatic N) is 1. The molecule has 8 nitrogen and oxygen atoms in total. The van der Waals surface area contributed by atoms with Crippen LogP contribution in [0.5, 0.6) is 0 Å². The minimum atomic E-state index is -1.14. The minimum absolute atomic E-state index is 0.139. The maximum Gasteiger partial charge on any atom is 0.329 e. The molecule has 0 unspecified atom stereocenters. The van der Waals surface area contributed by atoms with Gasteiger partial charge >= 0.3 is 5.97 Å². The van der Waals surface area contributed by atoms with Crippen molar-refractivity contribution in [2.24, 2.45) is 11.8 Å². The largest absolute Gasteiger partial charge is 0.451 e. The van der Waals surface area contributed by atoms with Gasteiger partial charge in [0.1, 0.15) is 6.04 Å². The summed E-state index contributed by atoms with van der Waals surface area (Å²) in [7, 11) is 0. The van der Waals surface area contributed by atoms with Crippen LogP contribution in [0.3, 0.4) is 0 Å². The van der Waals surface area contributed by atoms with Gasteiger partial charge in [0.25, 0.3) is 5.91 Å². The molecule has 0 aromatic heterocycles. The summed E-state index contributed by atoms with van der Waals surface area (Å²) in [5, 5.41) is 2.59. The first kappa shape index (κ1) is 21.7. The van der Waals surface area contributed by atoms with Gasteiger partial charge in [-0.25, -0.2) is 4.79 Å². The average Bonchev–Trinajstić information content (AvgIpc) is 2.98. The van der Waals surface area contributed by atoms with Crippen LogP contribution >= 0.6 is 0 Å². The fraction of sp³-hybridized carbons (Fsp3) is 0.500. The van der Waals surface area contributed by atoms with E-state index in [0.29, 0.717) is 24.1 Å². The average molecular weight is 414 g/mol. The van der Waals surface area contributed by atoms with E-state index in [1.807, 2.05) is 0 Å². The van der Waals surface area contributed by atoms with Crippen LogP contribution in [0, 0.1) is 11.8 Å². The highest BCUT2D eigenvalue weighted by atomic mass is 16.5. The standard InChI is InChI=1S/C22H26N2O6/c1-12(24-20(27)17-9-4-5-10-18(17)21(24)28)22(29)30-14(3)19(26)23-16-8-6-7-15(11-16)13(2)25/h6-8,11-12,14,17-18H,4-5,9-10H2,1-3H3,(H,23,26)/t12-,14+,17-,18-/m0/s1. The Balaban J connectivity index is 1.61. The highest BCUT2D eigenvalue weighted by molar-refractivity contribution is 6.08. The fourth-order valence-corrected chi connectivity index (χ4v) is 4.06. The zero-order valence-corrected chi connectivity index (χ0v) is 17.3. The first-order valence-corrected chi connectivity index (χ1v) is 10.2. The predicted octanol–water partition coefficient (Wildman–Crippen LogP) is 2.32. The van der Waals surface area contributed by atoms with Crippen LogP contribution < -0.4 is 5.32 Å². The number of rotatable bonds is 6. The second kappa shape index (κ2) is 8.77. The van der Waals surface area contributed by atoms with Gasteiger partial charge < -0.3 is 10.1 Å². The van der Waals surface area contributed by atoms with Crippen molar-refractivity contribution >= 4 is 35.2 Å². The van der Waals surface area contributed by atoms with E-state index in [0.717, 1.165) is 17.7 Å². The molecule has 8 heteroatoms. The molecule has 3 amide bonds. The van der Waals surface area contributed by atoms with Crippen LogP contribution in [-0.4, -0.2) is 46.5 Å². The summed E-state index contributed by atoms with van der Waals surface area (Å²) in [5.41, 5.74) is 0.844. The number of Topliss-reactive ketones (excluding diaryl/α,β-unsaturated/α-hetero) is 1. The zero-order valence-electron chi connectivity index (χ0n) is 17.3. The number of benzene rings is 1. The summed E-state index contributed by atoms with van der Waals surface area (Å²) >= 11 is 0. The third kappa shape index (κ3) is 4.27. The third-order valence-electron chi connectivity index (χ3n) is 5.80. The van der Waals surface area contributed by atoms with E-state index in [-0.39, 0.29) is 29.4 Å². The number of ether oxygens (including phenoxy) is 1. The summed E-state index contributed by atoms with van der Waals surface area (Å²) in [6, 6.07) is 5.32. The molecule has 1 saturated heterocycles. The number of carbonyl (C=O) groups excluding carboxylic acids is 5. The SMILES string of the molecule is CC(=O)c1cccc(NC(=O)[C@@H](C)OC(=O)[C@H](C)N2C(=O)[C@H]3CCCC[C@@H]3C2=O)c1. The number of ketones is 1. The Morgan fingerprint density at radius 2 is 1.67 bits per heavy atom. The van der Waals surface area contributed by atoms with Crippen molar-refractivity contribution in [1.29, 1.82) is 0 Å². The number of likely N-dealkylation sites (tertiary alicyclic amines) is 1. The molecule has 2 fully saturated rings. The van der Waals surface area contributed by atoms with E-state index in [1.165, 1.54) is 26.8 Å². The normalized spacial score (nSPS) is 22.8. The number of nitrogens with one attached hydrogen (secondary N) is 1. The van der Waals surface area contributed by atoms with E-state index >= 15 is 0 Å². The Morgan fingerprint density at radius 3 is 2.23 bits per heavy atom. The van der Waals surface area contributed by atoms with Crippen molar-refractivity contribution in [2.45, 2.75) is 58.6 Å².